The Morgan fingerprint density at radius 3 is 2.71 bits per heavy atom. The van der Waals surface area contributed by atoms with Gasteiger partial charge in [-0.3, -0.25) is 0 Å². The molecule has 38 heavy (non-hydrogen) atoms. The van der Waals surface area contributed by atoms with Crippen LogP contribution >= 0.6 is 0 Å². The summed E-state index contributed by atoms with van der Waals surface area (Å²) < 4.78 is 22.9. The van der Waals surface area contributed by atoms with Gasteiger partial charge in [-0.1, -0.05) is 25.0 Å². The first-order valence-electron chi connectivity index (χ1n) is 13.7. The van der Waals surface area contributed by atoms with Gasteiger partial charge in [-0.25, -0.2) is 18.7 Å². The molecule has 0 bridgehead atoms. The Morgan fingerprint density at radius 2 is 2.05 bits per heavy atom. The largest absolute Gasteiger partial charge is 0.512 e. The lowest BCUT2D eigenvalue weighted by Crippen LogP contribution is -2.47. The number of carbonyl (C=O) groups excluding carboxylic acids is 1. The van der Waals surface area contributed by atoms with Crippen molar-refractivity contribution in [2.45, 2.75) is 81.8 Å². The summed E-state index contributed by atoms with van der Waals surface area (Å²) in [6.07, 6.45) is 11.8. The summed E-state index contributed by atoms with van der Waals surface area (Å²) in [4.78, 5) is 21.8. The van der Waals surface area contributed by atoms with E-state index < -0.39 is 11.6 Å². The van der Waals surface area contributed by atoms with Gasteiger partial charge in [0.1, 0.15) is 17.2 Å². The van der Waals surface area contributed by atoms with E-state index in [0.29, 0.717) is 24.4 Å². The molecule has 2 aromatic heterocycles. The fourth-order valence-electron chi connectivity index (χ4n) is 6.64. The number of benzene rings is 1. The number of rotatable bonds is 8. The van der Waals surface area contributed by atoms with Gasteiger partial charge in [0, 0.05) is 36.3 Å². The van der Waals surface area contributed by atoms with E-state index in [2.05, 4.69) is 20.4 Å². The van der Waals surface area contributed by atoms with Gasteiger partial charge in [0.05, 0.1) is 5.57 Å². The van der Waals surface area contributed by atoms with Crippen LogP contribution in [0.15, 0.2) is 48.0 Å². The van der Waals surface area contributed by atoms with Crippen LogP contribution in [0.2, 0.25) is 0 Å². The maximum Gasteiger partial charge on any atom is 0.338 e. The van der Waals surface area contributed by atoms with Crippen molar-refractivity contribution in [3.8, 4) is 0 Å². The zero-order valence-electron chi connectivity index (χ0n) is 21.8. The highest BCUT2D eigenvalue weighted by Gasteiger charge is 2.48. The molecule has 6 rings (SSSR count). The molecule has 1 unspecified atom stereocenters. The number of halogens is 1. The molecule has 1 aromatic carbocycles. The molecule has 0 saturated heterocycles. The zero-order valence-corrected chi connectivity index (χ0v) is 21.8. The second kappa shape index (κ2) is 9.76. The minimum absolute atomic E-state index is 0.0439. The highest BCUT2D eigenvalue weighted by atomic mass is 19.1. The van der Waals surface area contributed by atoms with Gasteiger partial charge in [-0.2, -0.15) is 4.98 Å². The summed E-state index contributed by atoms with van der Waals surface area (Å²) in [5.74, 6) is 0.337. The standard InChI is InChI=1S/C29H34FN5O3/c1-31-28(11-4-12-28)22-9-8-19(16-23(22)30)10-13-29(20-6-2-3-7-20)18-24(36)21(26(37)38-29)17-25-33-27-32-14-5-15-35(27)34-25/h5,8-9,14-16,20,31,36H,2-4,6-7,10-13,17-18H2,1H3. The van der Waals surface area contributed by atoms with E-state index in [1.54, 1.807) is 24.5 Å². The number of aromatic nitrogens is 4. The van der Waals surface area contributed by atoms with E-state index in [0.717, 1.165) is 56.1 Å². The minimum atomic E-state index is -0.801. The van der Waals surface area contributed by atoms with Gasteiger partial charge in [0.2, 0.25) is 0 Å². The number of aliphatic hydroxyl groups is 1. The van der Waals surface area contributed by atoms with Crippen molar-refractivity contribution < 1.29 is 19.0 Å². The number of hydrogen-bond donors (Lipinski definition) is 2. The Labute approximate surface area is 221 Å². The Kier molecular flexibility index (Phi) is 6.42. The number of ether oxygens (including phenoxy) is 1. The zero-order chi connectivity index (χ0) is 26.3. The Bertz CT molecular complexity index is 1350. The van der Waals surface area contributed by atoms with E-state index in [9.17, 15) is 9.90 Å². The molecule has 3 aromatic rings. The topological polar surface area (TPSA) is 102 Å². The molecule has 0 radical (unpaired) electrons. The Balaban J connectivity index is 1.23. The van der Waals surface area contributed by atoms with Crippen molar-refractivity contribution in [1.29, 1.82) is 0 Å². The first-order chi connectivity index (χ1) is 18.4. The molecule has 8 nitrogen and oxygen atoms in total. The number of aliphatic hydroxyl groups excluding tert-OH is 1. The fourth-order valence-corrected chi connectivity index (χ4v) is 6.64. The number of nitrogens with zero attached hydrogens (tertiary/aromatic N) is 4. The molecule has 2 aliphatic carbocycles. The van der Waals surface area contributed by atoms with Gasteiger partial charge in [0.15, 0.2) is 5.82 Å². The van der Waals surface area contributed by atoms with Crippen molar-refractivity contribution >= 4 is 11.7 Å². The molecule has 9 heteroatoms. The van der Waals surface area contributed by atoms with Crippen molar-refractivity contribution in [2.75, 3.05) is 7.05 Å². The van der Waals surface area contributed by atoms with E-state index in [-0.39, 0.29) is 41.4 Å². The Hall–Kier alpha value is -3.33. The molecule has 0 amide bonds. The number of aryl methyl sites for hydroxylation is 1. The summed E-state index contributed by atoms with van der Waals surface area (Å²) in [6, 6.07) is 7.27. The molecule has 2 saturated carbocycles. The van der Waals surface area contributed by atoms with Crippen LogP contribution in [0.4, 0.5) is 4.39 Å². The van der Waals surface area contributed by atoms with Crippen molar-refractivity contribution in [3.05, 3.63) is 70.8 Å². The first-order valence-corrected chi connectivity index (χ1v) is 13.7. The average molecular weight is 520 g/mol. The number of esters is 1. The number of nitrogens with one attached hydrogen (secondary N) is 1. The maximum atomic E-state index is 15.2. The van der Waals surface area contributed by atoms with Gasteiger partial charge in [-0.15, -0.1) is 5.10 Å². The average Bonchev–Trinajstić information content (AvgIpc) is 3.56. The van der Waals surface area contributed by atoms with Crippen LogP contribution in [-0.2, 0) is 27.9 Å². The fraction of sp³-hybridized carbons (Fsp3) is 0.517. The van der Waals surface area contributed by atoms with Crippen LogP contribution in [-0.4, -0.2) is 43.3 Å². The third kappa shape index (κ3) is 4.36. The third-order valence-electron chi connectivity index (χ3n) is 9.02. The molecule has 2 N–H and O–H groups in total. The van der Waals surface area contributed by atoms with Gasteiger partial charge < -0.3 is 15.2 Å². The summed E-state index contributed by atoms with van der Waals surface area (Å²) in [5, 5.41) is 18.8. The smallest absolute Gasteiger partial charge is 0.338 e. The number of cyclic esters (lactones) is 1. The first kappa shape index (κ1) is 25.0. The van der Waals surface area contributed by atoms with E-state index >= 15 is 4.39 Å². The number of fused-ring (bicyclic) bond motifs is 1. The van der Waals surface area contributed by atoms with Gasteiger partial charge in [0.25, 0.3) is 5.78 Å². The molecule has 1 atom stereocenters. The lowest BCUT2D eigenvalue weighted by molar-refractivity contribution is -0.167. The van der Waals surface area contributed by atoms with Crippen LogP contribution in [0.3, 0.4) is 0 Å². The SMILES string of the molecule is CNC1(c2ccc(CCC3(C4CCCC4)CC(O)=C(Cc4nc5ncccn5n4)C(=O)O3)cc2F)CCC1. The monoisotopic (exact) mass is 519 g/mol. The van der Waals surface area contributed by atoms with Crippen molar-refractivity contribution in [1.82, 2.24) is 24.9 Å². The van der Waals surface area contributed by atoms with Crippen LogP contribution in [0.5, 0.6) is 0 Å². The predicted molar refractivity (Wildman–Crippen MR) is 139 cm³/mol. The predicted octanol–water partition coefficient (Wildman–Crippen LogP) is 4.73. The normalized spacial score (nSPS) is 23.6. The molecule has 2 fully saturated rings. The molecule has 0 spiro atoms. The highest BCUT2D eigenvalue weighted by Crippen LogP contribution is 2.46. The highest BCUT2D eigenvalue weighted by molar-refractivity contribution is 5.90. The van der Waals surface area contributed by atoms with Crippen LogP contribution in [0.1, 0.15) is 74.7 Å². The number of carbonyl (C=O) groups is 1. The van der Waals surface area contributed by atoms with E-state index in [1.165, 1.54) is 4.52 Å². The van der Waals surface area contributed by atoms with Crippen molar-refractivity contribution in [2.24, 2.45) is 5.92 Å². The summed E-state index contributed by atoms with van der Waals surface area (Å²) in [6.45, 7) is 0. The molecular weight excluding hydrogens is 485 g/mol. The Morgan fingerprint density at radius 1 is 1.24 bits per heavy atom. The quantitative estimate of drug-likeness (QED) is 0.415. The van der Waals surface area contributed by atoms with Crippen LogP contribution < -0.4 is 5.32 Å². The summed E-state index contributed by atoms with van der Waals surface area (Å²) in [5.41, 5.74) is 0.741. The molecule has 200 valence electrons. The molecule has 3 aliphatic rings. The molecule has 3 heterocycles. The van der Waals surface area contributed by atoms with E-state index in [4.69, 9.17) is 4.74 Å². The second-order valence-corrected chi connectivity index (χ2v) is 11.1. The van der Waals surface area contributed by atoms with Gasteiger partial charge >= 0.3 is 5.97 Å². The molecular formula is C29H34FN5O3. The molecule has 1 aliphatic heterocycles. The van der Waals surface area contributed by atoms with Crippen LogP contribution in [0, 0.1) is 11.7 Å². The van der Waals surface area contributed by atoms with Crippen LogP contribution in [0.25, 0.3) is 5.78 Å². The minimum Gasteiger partial charge on any atom is -0.512 e. The third-order valence-corrected chi connectivity index (χ3v) is 9.02. The second-order valence-electron chi connectivity index (χ2n) is 11.1. The lowest BCUT2D eigenvalue weighted by atomic mass is 9.71. The van der Waals surface area contributed by atoms with E-state index in [1.807, 2.05) is 19.2 Å². The van der Waals surface area contributed by atoms with Gasteiger partial charge in [-0.05, 0) is 75.6 Å². The maximum absolute atomic E-state index is 15.2. The van der Waals surface area contributed by atoms with Crippen molar-refractivity contribution in [3.63, 3.8) is 0 Å². The summed E-state index contributed by atoms with van der Waals surface area (Å²) in [7, 11) is 1.89. The number of hydrogen-bond acceptors (Lipinski definition) is 7. The summed E-state index contributed by atoms with van der Waals surface area (Å²) >= 11 is 0. The lowest BCUT2D eigenvalue weighted by Gasteiger charge is -2.43.